The van der Waals surface area contributed by atoms with Crippen molar-refractivity contribution >= 4 is 33.6 Å². The first kappa shape index (κ1) is 24.8. The monoisotopic (exact) mass is 467 g/mol. The van der Waals surface area contributed by atoms with Gasteiger partial charge in [0, 0.05) is 4.90 Å². The quantitative estimate of drug-likeness (QED) is 0.389. The predicted molar refractivity (Wildman–Crippen MR) is 118 cm³/mol. The van der Waals surface area contributed by atoms with Crippen LogP contribution in [0.15, 0.2) is 58.3 Å². The molecule has 2 amide bonds. The lowest BCUT2D eigenvalue weighted by Gasteiger charge is -2.20. The number of thioether (sulfide) groups is 1. The molecule has 1 atom stereocenters. The van der Waals surface area contributed by atoms with Crippen LogP contribution in [0.2, 0.25) is 0 Å². The summed E-state index contributed by atoms with van der Waals surface area (Å²) < 4.78 is 41.3. The minimum atomic E-state index is -3.93. The van der Waals surface area contributed by atoms with Gasteiger partial charge in [0.1, 0.15) is 11.9 Å². The molecule has 0 fully saturated rings. The zero-order chi connectivity index (χ0) is 23.0. The molecule has 1 unspecified atom stereocenters. The van der Waals surface area contributed by atoms with Crippen LogP contribution in [0.4, 0.5) is 4.39 Å². The fourth-order valence-corrected chi connectivity index (χ4v) is 4.56. The van der Waals surface area contributed by atoms with E-state index in [0.717, 1.165) is 17.3 Å². The van der Waals surface area contributed by atoms with Gasteiger partial charge in [0.15, 0.2) is 0 Å². The van der Waals surface area contributed by atoms with Crippen molar-refractivity contribution in [2.75, 3.05) is 5.75 Å². The van der Waals surface area contributed by atoms with Crippen LogP contribution in [0.25, 0.3) is 0 Å². The van der Waals surface area contributed by atoms with Crippen LogP contribution in [-0.2, 0) is 19.6 Å². The number of benzene rings is 2. The number of hydrogen-bond donors (Lipinski definition) is 3. The van der Waals surface area contributed by atoms with E-state index in [1.807, 2.05) is 20.8 Å². The summed E-state index contributed by atoms with van der Waals surface area (Å²) in [6.45, 7) is 5.54. The van der Waals surface area contributed by atoms with Crippen molar-refractivity contribution in [2.45, 2.75) is 43.0 Å². The van der Waals surface area contributed by atoms with Gasteiger partial charge in [-0.15, -0.1) is 11.8 Å². The summed E-state index contributed by atoms with van der Waals surface area (Å²) in [6.07, 6.45) is 0.233. The molecule has 2 rings (SSSR count). The van der Waals surface area contributed by atoms with Gasteiger partial charge in [-0.1, -0.05) is 43.7 Å². The molecule has 0 saturated carbocycles. The standard InChI is InChI=1S/C21H26FN3O4S2/c1-14(2)12-18(25-31(28,29)16-10-8-15(3)9-11-16)21(27)24-23-20(26)13-30-19-7-5-4-6-17(19)22/h4-11,14,18,25H,12-13H2,1-3H3,(H,23,26)(H,24,27). The lowest BCUT2D eigenvalue weighted by molar-refractivity contribution is -0.128. The maximum absolute atomic E-state index is 13.6. The summed E-state index contributed by atoms with van der Waals surface area (Å²) in [5.74, 6) is -1.78. The van der Waals surface area contributed by atoms with Crippen molar-refractivity contribution < 1.29 is 22.4 Å². The number of sulfonamides is 1. The Kier molecular flexibility index (Phi) is 9.02. The molecule has 0 aliphatic rings. The van der Waals surface area contributed by atoms with Crippen LogP contribution < -0.4 is 15.6 Å². The van der Waals surface area contributed by atoms with Crippen LogP contribution >= 0.6 is 11.8 Å². The molecule has 0 aromatic heterocycles. The highest BCUT2D eigenvalue weighted by atomic mass is 32.2. The summed E-state index contributed by atoms with van der Waals surface area (Å²) in [7, 11) is -3.93. The third-order valence-corrected chi connectivity index (χ3v) is 6.71. The van der Waals surface area contributed by atoms with Crippen molar-refractivity contribution in [1.29, 1.82) is 0 Å². The number of hydrazine groups is 1. The van der Waals surface area contributed by atoms with Gasteiger partial charge in [-0.05, 0) is 43.5 Å². The molecule has 0 aliphatic carbocycles. The maximum Gasteiger partial charge on any atom is 0.256 e. The largest absolute Gasteiger partial charge is 0.272 e. The van der Waals surface area contributed by atoms with E-state index >= 15 is 0 Å². The summed E-state index contributed by atoms with van der Waals surface area (Å²) in [5.41, 5.74) is 5.40. The van der Waals surface area contributed by atoms with Crippen molar-refractivity contribution in [3.63, 3.8) is 0 Å². The molecule has 31 heavy (non-hydrogen) atoms. The van der Waals surface area contributed by atoms with E-state index in [1.165, 1.54) is 18.2 Å². The molecule has 0 heterocycles. The Labute approximate surface area is 186 Å². The Bertz CT molecular complexity index is 1010. The molecule has 10 heteroatoms. The second kappa shape index (κ2) is 11.3. The highest BCUT2D eigenvalue weighted by Crippen LogP contribution is 2.20. The number of halogens is 1. The number of hydrogen-bond acceptors (Lipinski definition) is 5. The Hall–Kier alpha value is -2.43. The van der Waals surface area contributed by atoms with Crippen LogP contribution in [0.1, 0.15) is 25.8 Å². The van der Waals surface area contributed by atoms with Crippen molar-refractivity contribution in [3.8, 4) is 0 Å². The van der Waals surface area contributed by atoms with Gasteiger partial charge in [-0.3, -0.25) is 20.4 Å². The molecular formula is C21H26FN3O4S2. The fraction of sp³-hybridized carbons (Fsp3) is 0.333. The second-order valence-corrected chi connectivity index (χ2v) is 10.1. The van der Waals surface area contributed by atoms with Gasteiger partial charge in [-0.2, -0.15) is 4.72 Å². The number of carbonyl (C=O) groups excluding carboxylic acids is 2. The van der Waals surface area contributed by atoms with Gasteiger partial charge in [0.25, 0.3) is 5.91 Å². The number of amides is 2. The summed E-state index contributed by atoms with van der Waals surface area (Å²) in [6, 6.07) is 11.2. The summed E-state index contributed by atoms with van der Waals surface area (Å²) >= 11 is 0.984. The predicted octanol–water partition coefficient (Wildman–Crippen LogP) is 2.77. The van der Waals surface area contributed by atoms with Gasteiger partial charge in [0.2, 0.25) is 15.9 Å². The average Bonchev–Trinajstić information content (AvgIpc) is 2.70. The lowest BCUT2D eigenvalue weighted by Crippen LogP contribution is -2.53. The van der Waals surface area contributed by atoms with E-state index < -0.39 is 33.7 Å². The molecule has 2 aromatic carbocycles. The van der Waals surface area contributed by atoms with E-state index in [2.05, 4.69) is 15.6 Å². The van der Waals surface area contributed by atoms with Crippen molar-refractivity contribution in [1.82, 2.24) is 15.6 Å². The molecular weight excluding hydrogens is 441 g/mol. The second-order valence-electron chi connectivity index (χ2n) is 7.37. The van der Waals surface area contributed by atoms with Crippen LogP contribution in [0.3, 0.4) is 0 Å². The van der Waals surface area contributed by atoms with Crippen LogP contribution in [0, 0.1) is 18.7 Å². The number of carbonyl (C=O) groups is 2. The first-order valence-corrected chi connectivity index (χ1v) is 12.1. The minimum absolute atomic E-state index is 0.0174. The highest BCUT2D eigenvalue weighted by Gasteiger charge is 2.26. The molecule has 0 aliphatic heterocycles. The minimum Gasteiger partial charge on any atom is -0.272 e. The fourth-order valence-electron chi connectivity index (χ4n) is 2.61. The first-order chi connectivity index (χ1) is 14.6. The Morgan fingerprint density at radius 1 is 1.03 bits per heavy atom. The topological polar surface area (TPSA) is 104 Å². The normalized spacial score (nSPS) is 12.4. The van der Waals surface area contributed by atoms with E-state index in [9.17, 15) is 22.4 Å². The molecule has 0 radical (unpaired) electrons. The molecule has 0 bridgehead atoms. The summed E-state index contributed by atoms with van der Waals surface area (Å²) in [5, 5.41) is 0. The molecule has 0 saturated heterocycles. The molecule has 2 aromatic rings. The highest BCUT2D eigenvalue weighted by molar-refractivity contribution is 8.00. The molecule has 3 N–H and O–H groups in total. The lowest BCUT2D eigenvalue weighted by atomic mass is 10.0. The SMILES string of the molecule is Cc1ccc(S(=O)(=O)NC(CC(C)C)C(=O)NNC(=O)CSc2ccccc2F)cc1. The maximum atomic E-state index is 13.6. The number of nitrogens with one attached hydrogen (secondary N) is 3. The molecule has 168 valence electrons. The van der Waals surface area contributed by atoms with Crippen molar-refractivity contribution in [3.05, 3.63) is 59.9 Å². The molecule has 0 spiro atoms. The van der Waals surface area contributed by atoms with E-state index in [0.29, 0.717) is 4.90 Å². The number of rotatable bonds is 9. The van der Waals surface area contributed by atoms with E-state index in [-0.39, 0.29) is 23.0 Å². The van der Waals surface area contributed by atoms with Crippen molar-refractivity contribution in [2.24, 2.45) is 5.92 Å². The Balaban J connectivity index is 1.96. The van der Waals surface area contributed by atoms with E-state index in [1.54, 1.807) is 30.3 Å². The number of aryl methyl sites for hydroxylation is 1. The zero-order valence-electron chi connectivity index (χ0n) is 17.5. The third kappa shape index (κ3) is 7.97. The average molecular weight is 468 g/mol. The third-order valence-electron chi connectivity index (χ3n) is 4.17. The van der Waals surface area contributed by atoms with Gasteiger partial charge < -0.3 is 0 Å². The Morgan fingerprint density at radius 2 is 1.68 bits per heavy atom. The van der Waals surface area contributed by atoms with Gasteiger partial charge >= 0.3 is 0 Å². The first-order valence-electron chi connectivity index (χ1n) is 9.63. The molecule has 7 nitrogen and oxygen atoms in total. The van der Waals surface area contributed by atoms with E-state index in [4.69, 9.17) is 0 Å². The van der Waals surface area contributed by atoms with Crippen LogP contribution in [-0.4, -0.2) is 32.0 Å². The smallest absolute Gasteiger partial charge is 0.256 e. The summed E-state index contributed by atoms with van der Waals surface area (Å²) in [4.78, 5) is 24.9. The zero-order valence-corrected chi connectivity index (χ0v) is 19.1. The van der Waals surface area contributed by atoms with Gasteiger partial charge in [-0.25, -0.2) is 12.8 Å². The van der Waals surface area contributed by atoms with Crippen LogP contribution in [0.5, 0.6) is 0 Å². The van der Waals surface area contributed by atoms with Gasteiger partial charge in [0.05, 0.1) is 10.6 Å². The Morgan fingerprint density at radius 3 is 2.29 bits per heavy atom.